The van der Waals surface area contributed by atoms with E-state index < -0.39 is 0 Å². The van der Waals surface area contributed by atoms with Crippen molar-refractivity contribution in [2.45, 2.75) is 49.8 Å². The summed E-state index contributed by atoms with van der Waals surface area (Å²) in [5.74, 6) is 1.57. The fraction of sp³-hybridized carbons (Fsp3) is 0.333. The van der Waals surface area contributed by atoms with Crippen molar-refractivity contribution >= 4 is 35.0 Å². The Balaban J connectivity index is 1.37. The van der Waals surface area contributed by atoms with Gasteiger partial charge in [0.1, 0.15) is 5.82 Å². The van der Waals surface area contributed by atoms with Crippen molar-refractivity contribution in [1.82, 2.24) is 14.8 Å². The van der Waals surface area contributed by atoms with E-state index in [1.54, 1.807) is 4.90 Å². The van der Waals surface area contributed by atoms with Gasteiger partial charge in [0.15, 0.2) is 5.16 Å². The number of nitrogens with zero attached hydrogens (tertiary/aromatic N) is 4. The van der Waals surface area contributed by atoms with Crippen molar-refractivity contribution in [3.8, 4) is 0 Å². The van der Waals surface area contributed by atoms with Crippen molar-refractivity contribution in [1.29, 1.82) is 0 Å². The molecule has 1 aliphatic carbocycles. The van der Waals surface area contributed by atoms with Gasteiger partial charge in [-0.25, -0.2) is 0 Å². The van der Waals surface area contributed by atoms with E-state index in [1.165, 1.54) is 17.3 Å². The molecule has 3 aromatic rings. The lowest BCUT2D eigenvalue weighted by molar-refractivity contribution is -0.117. The maximum atomic E-state index is 13.3. The molecule has 0 saturated heterocycles. The Morgan fingerprint density at radius 3 is 2.62 bits per heavy atom. The topological polar surface area (TPSA) is 80.1 Å². The van der Waals surface area contributed by atoms with Crippen LogP contribution in [0.25, 0.3) is 0 Å². The van der Waals surface area contributed by atoms with Crippen LogP contribution < -0.4 is 10.2 Å². The number of carbonyl (C=O) groups excluding carboxylic acids is 2. The lowest BCUT2D eigenvalue weighted by atomic mass is 10.2. The van der Waals surface area contributed by atoms with Gasteiger partial charge in [-0.05, 0) is 37.5 Å². The lowest BCUT2D eigenvalue weighted by Crippen LogP contribution is -2.40. The fourth-order valence-corrected chi connectivity index (χ4v) is 4.93. The van der Waals surface area contributed by atoms with Crippen LogP contribution in [-0.2, 0) is 16.1 Å². The molecule has 2 aliphatic rings. The highest BCUT2D eigenvalue weighted by Gasteiger charge is 2.32. The van der Waals surface area contributed by atoms with Crippen LogP contribution in [0, 0.1) is 0 Å². The number of hydrogen-bond acceptors (Lipinski definition) is 5. The highest BCUT2D eigenvalue weighted by molar-refractivity contribution is 7.99. The number of aromatic nitrogens is 3. The summed E-state index contributed by atoms with van der Waals surface area (Å²) >= 11 is 1.41. The van der Waals surface area contributed by atoms with Gasteiger partial charge in [-0.2, -0.15) is 0 Å². The number of benzene rings is 2. The van der Waals surface area contributed by atoms with Crippen molar-refractivity contribution in [2.24, 2.45) is 0 Å². The summed E-state index contributed by atoms with van der Waals surface area (Å²) < 4.78 is 2.15. The van der Waals surface area contributed by atoms with Gasteiger partial charge in [0, 0.05) is 18.4 Å². The van der Waals surface area contributed by atoms with E-state index in [2.05, 4.69) is 32.2 Å². The zero-order chi connectivity index (χ0) is 22.1. The molecule has 1 fully saturated rings. The summed E-state index contributed by atoms with van der Waals surface area (Å²) in [7, 11) is 0. The Bertz CT molecular complexity index is 1140. The first-order chi connectivity index (χ1) is 15.6. The van der Waals surface area contributed by atoms with E-state index in [0.717, 1.165) is 29.5 Å². The van der Waals surface area contributed by atoms with Crippen molar-refractivity contribution in [3.63, 3.8) is 0 Å². The molecule has 1 aliphatic heterocycles. The minimum atomic E-state index is -0.226. The summed E-state index contributed by atoms with van der Waals surface area (Å²) in [4.78, 5) is 27.3. The minimum absolute atomic E-state index is 0.0475. The highest BCUT2D eigenvalue weighted by Crippen LogP contribution is 2.40. The zero-order valence-electron chi connectivity index (χ0n) is 17.9. The molecule has 0 unspecified atom stereocenters. The summed E-state index contributed by atoms with van der Waals surface area (Å²) in [6.45, 7) is 2.60. The molecule has 1 atom stereocenters. The molecule has 8 heteroatoms. The first kappa shape index (κ1) is 20.8. The molecule has 2 aromatic carbocycles. The van der Waals surface area contributed by atoms with E-state index in [0.29, 0.717) is 18.2 Å². The molecule has 0 radical (unpaired) electrons. The zero-order valence-corrected chi connectivity index (χ0v) is 18.7. The van der Waals surface area contributed by atoms with Gasteiger partial charge in [-0.15, -0.1) is 10.2 Å². The van der Waals surface area contributed by atoms with Crippen molar-refractivity contribution < 1.29 is 9.59 Å². The SMILES string of the molecule is C[C@@H]1CC(=O)Nc2ccccc2N1C(=O)CSc1nnc(C2CC2)n1Cc1ccccc1. The first-order valence-corrected chi connectivity index (χ1v) is 11.9. The van der Waals surface area contributed by atoms with Gasteiger partial charge >= 0.3 is 0 Å². The van der Waals surface area contributed by atoms with Crippen molar-refractivity contribution in [3.05, 3.63) is 66.0 Å². The highest BCUT2D eigenvalue weighted by atomic mass is 32.2. The predicted molar refractivity (Wildman–Crippen MR) is 125 cm³/mol. The molecule has 32 heavy (non-hydrogen) atoms. The van der Waals surface area contributed by atoms with Crippen LogP contribution in [0.4, 0.5) is 11.4 Å². The second-order valence-electron chi connectivity index (χ2n) is 8.36. The molecular formula is C24H25N5O2S. The van der Waals surface area contributed by atoms with Gasteiger partial charge in [0.25, 0.3) is 0 Å². The monoisotopic (exact) mass is 447 g/mol. The molecule has 1 N–H and O–H groups in total. The Kier molecular flexibility index (Phi) is 5.70. The van der Waals surface area contributed by atoms with Crippen LogP contribution >= 0.6 is 11.8 Å². The Hall–Kier alpha value is -3.13. The Labute approximate surface area is 191 Å². The Morgan fingerprint density at radius 2 is 1.84 bits per heavy atom. The van der Waals surface area contributed by atoms with E-state index in [-0.39, 0.29) is 30.0 Å². The summed E-state index contributed by atoms with van der Waals surface area (Å²) in [6.07, 6.45) is 2.54. The van der Waals surface area contributed by atoms with Crippen LogP contribution in [0.2, 0.25) is 0 Å². The predicted octanol–water partition coefficient (Wildman–Crippen LogP) is 4.06. The molecule has 7 nitrogen and oxygen atoms in total. The van der Waals surface area contributed by atoms with E-state index in [4.69, 9.17) is 0 Å². The van der Waals surface area contributed by atoms with E-state index in [1.807, 2.05) is 49.4 Å². The number of hydrogen-bond donors (Lipinski definition) is 1. The molecule has 1 saturated carbocycles. The van der Waals surface area contributed by atoms with Crippen molar-refractivity contribution in [2.75, 3.05) is 16.0 Å². The van der Waals surface area contributed by atoms with Gasteiger partial charge in [-0.3, -0.25) is 9.59 Å². The number of fused-ring (bicyclic) bond motifs is 1. The molecule has 1 aromatic heterocycles. The average Bonchev–Trinajstić information content (AvgIpc) is 3.57. The van der Waals surface area contributed by atoms with Gasteiger partial charge in [-0.1, -0.05) is 54.2 Å². The van der Waals surface area contributed by atoms with Gasteiger partial charge in [0.2, 0.25) is 11.8 Å². The smallest absolute Gasteiger partial charge is 0.237 e. The number of para-hydroxylation sites is 2. The molecule has 5 rings (SSSR count). The number of amides is 2. The molecule has 0 spiro atoms. The second kappa shape index (κ2) is 8.78. The third-order valence-electron chi connectivity index (χ3n) is 5.82. The quantitative estimate of drug-likeness (QED) is 0.577. The molecule has 164 valence electrons. The summed E-state index contributed by atoms with van der Waals surface area (Å²) in [6, 6.07) is 17.5. The fourth-order valence-electron chi connectivity index (χ4n) is 4.13. The molecule has 2 heterocycles. The van der Waals surface area contributed by atoms with E-state index in [9.17, 15) is 9.59 Å². The molecule has 2 amide bonds. The molecule has 0 bridgehead atoms. The third-order valence-corrected chi connectivity index (χ3v) is 6.78. The van der Waals surface area contributed by atoms with Crippen LogP contribution in [0.15, 0.2) is 59.8 Å². The summed E-state index contributed by atoms with van der Waals surface area (Å²) in [5, 5.41) is 12.5. The summed E-state index contributed by atoms with van der Waals surface area (Å²) in [5.41, 5.74) is 2.59. The van der Waals surface area contributed by atoms with Gasteiger partial charge < -0.3 is 14.8 Å². The average molecular weight is 448 g/mol. The van der Waals surface area contributed by atoms with Crippen LogP contribution in [0.3, 0.4) is 0 Å². The van der Waals surface area contributed by atoms with Crippen LogP contribution in [-0.4, -0.2) is 38.4 Å². The lowest BCUT2D eigenvalue weighted by Gasteiger charge is -2.27. The number of carbonyl (C=O) groups is 2. The largest absolute Gasteiger partial charge is 0.324 e. The van der Waals surface area contributed by atoms with Crippen LogP contribution in [0.1, 0.15) is 43.5 Å². The maximum absolute atomic E-state index is 13.3. The first-order valence-electron chi connectivity index (χ1n) is 10.9. The normalized spacial score (nSPS) is 18.1. The Morgan fingerprint density at radius 1 is 1.09 bits per heavy atom. The number of nitrogens with one attached hydrogen (secondary N) is 1. The standard InChI is InChI=1S/C24H25N5O2S/c1-16-13-21(30)25-19-9-5-6-10-20(19)29(16)22(31)15-32-24-27-26-23(18-11-12-18)28(24)14-17-7-3-2-4-8-17/h2-10,16,18H,11-15H2,1H3,(H,25,30)/t16-/m1/s1. The number of thioether (sulfide) groups is 1. The number of anilines is 2. The van der Waals surface area contributed by atoms with Gasteiger partial charge in [0.05, 0.1) is 23.7 Å². The second-order valence-corrected chi connectivity index (χ2v) is 9.30. The third kappa shape index (κ3) is 4.27. The molecular weight excluding hydrogens is 422 g/mol. The minimum Gasteiger partial charge on any atom is -0.324 e. The van der Waals surface area contributed by atoms with Crippen LogP contribution in [0.5, 0.6) is 0 Å². The number of rotatable bonds is 6. The van der Waals surface area contributed by atoms with E-state index >= 15 is 0 Å². The maximum Gasteiger partial charge on any atom is 0.237 e.